The Labute approximate surface area is 267 Å². The number of likely N-dealkylation sites (N-methyl/N-ethyl adjacent to an activating group) is 1. The number of aromatic nitrogens is 2. The van der Waals surface area contributed by atoms with Crippen LogP contribution in [0.15, 0.2) is 59.6 Å². The Morgan fingerprint density at radius 3 is 2.47 bits per heavy atom. The molecule has 242 valence electrons. The highest BCUT2D eigenvalue weighted by atomic mass is 32.2. The summed E-state index contributed by atoms with van der Waals surface area (Å²) < 4.78 is 49.7. The van der Waals surface area contributed by atoms with Gasteiger partial charge in [0.2, 0.25) is 21.9 Å². The number of halogens is 1. The molecule has 0 radical (unpaired) electrons. The fourth-order valence-corrected chi connectivity index (χ4v) is 9.19. The van der Waals surface area contributed by atoms with Gasteiger partial charge in [-0.15, -0.1) is 0 Å². The zero-order valence-corrected chi connectivity index (χ0v) is 27.5. The van der Waals surface area contributed by atoms with Crippen LogP contribution in [0.5, 0.6) is 5.88 Å². The summed E-state index contributed by atoms with van der Waals surface area (Å²) in [6, 6.07) is 14.0. The molecular formula is C34H45FN6O3S. The number of nitrogens with zero attached hydrogens (tertiary/aromatic N) is 6. The highest BCUT2D eigenvalue weighted by Gasteiger charge is 2.43. The summed E-state index contributed by atoms with van der Waals surface area (Å²) in [4.78, 5) is 16.8. The third kappa shape index (κ3) is 6.58. The number of piperidine rings is 2. The molecule has 6 rings (SSSR count). The molecule has 1 unspecified atom stereocenters. The first-order valence-electron chi connectivity index (χ1n) is 16.2. The maximum absolute atomic E-state index is 14.4. The first kappa shape index (κ1) is 31.8. The van der Waals surface area contributed by atoms with Crippen LogP contribution in [0.3, 0.4) is 0 Å². The number of ether oxygens (including phenoxy) is 1. The molecule has 0 aliphatic carbocycles. The molecule has 0 bridgehead atoms. The van der Waals surface area contributed by atoms with Crippen molar-refractivity contribution in [3.8, 4) is 5.88 Å². The average molecular weight is 637 g/mol. The highest BCUT2D eigenvalue weighted by molar-refractivity contribution is 7.89. The van der Waals surface area contributed by atoms with Crippen LogP contribution in [0.4, 0.5) is 10.3 Å². The van der Waals surface area contributed by atoms with Crippen LogP contribution in [0.1, 0.15) is 48.8 Å². The van der Waals surface area contributed by atoms with Crippen LogP contribution in [-0.4, -0.2) is 98.0 Å². The van der Waals surface area contributed by atoms with Crippen molar-refractivity contribution in [2.45, 2.75) is 62.4 Å². The second-order valence-electron chi connectivity index (χ2n) is 12.8. The van der Waals surface area contributed by atoms with Crippen molar-refractivity contribution >= 4 is 16.0 Å². The second-order valence-corrected chi connectivity index (χ2v) is 14.6. The molecule has 3 fully saturated rings. The minimum Gasteiger partial charge on any atom is -0.476 e. The largest absolute Gasteiger partial charge is 0.476 e. The molecule has 3 aliphatic rings. The minimum atomic E-state index is -3.66. The average Bonchev–Trinajstić information content (AvgIpc) is 3.05. The van der Waals surface area contributed by atoms with Gasteiger partial charge in [-0.2, -0.15) is 9.29 Å². The van der Waals surface area contributed by atoms with Crippen molar-refractivity contribution in [3.63, 3.8) is 0 Å². The third-order valence-electron chi connectivity index (χ3n) is 10.1. The van der Waals surface area contributed by atoms with Gasteiger partial charge < -0.3 is 14.5 Å². The molecule has 3 aromatic rings. The Morgan fingerprint density at radius 2 is 1.71 bits per heavy atom. The van der Waals surface area contributed by atoms with Gasteiger partial charge in [-0.25, -0.2) is 17.8 Å². The fraction of sp³-hybridized carbons (Fsp3) is 0.529. The predicted octanol–water partition coefficient (Wildman–Crippen LogP) is 4.60. The van der Waals surface area contributed by atoms with Crippen molar-refractivity contribution in [1.82, 2.24) is 24.1 Å². The lowest BCUT2D eigenvalue weighted by atomic mass is 9.78. The Morgan fingerprint density at radius 1 is 0.956 bits per heavy atom. The number of benzene rings is 2. The number of hydrogen-bond donors (Lipinski definition) is 0. The van der Waals surface area contributed by atoms with E-state index < -0.39 is 10.0 Å². The van der Waals surface area contributed by atoms with Crippen molar-refractivity contribution in [2.24, 2.45) is 0 Å². The maximum Gasteiger partial charge on any atom is 0.243 e. The Hall–Kier alpha value is -3.12. The fourth-order valence-electron chi connectivity index (χ4n) is 7.21. The molecule has 1 atom stereocenters. The van der Waals surface area contributed by atoms with Crippen molar-refractivity contribution < 1.29 is 17.5 Å². The smallest absolute Gasteiger partial charge is 0.243 e. The van der Waals surface area contributed by atoms with E-state index in [1.807, 2.05) is 26.0 Å². The third-order valence-corrected chi connectivity index (χ3v) is 12.2. The van der Waals surface area contributed by atoms with Gasteiger partial charge in [0.25, 0.3) is 0 Å². The van der Waals surface area contributed by atoms with Gasteiger partial charge >= 0.3 is 0 Å². The van der Waals surface area contributed by atoms with Crippen molar-refractivity contribution in [2.75, 3.05) is 64.4 Å². The van der Waals surface area contributed by atoms with E-state index in [-0.39, 0.29) is 24.0 Å². The maximum atomic E-state index is 14.4. The normalized spacial score (nSPS) is 22.0. The minimum absolute atomic E-state index is 0.199. The number of rotatable bonds is 8. The van der Waals surface area contributed by atoms with Gasteiger partial charge in [-0.3, -0.25) is 4.90 Å². The van der Waals surface area contributed by atoms with Gasteiger partial charge in [0.1, 0.15) is 12.4 Å². The molecule has 9 nitrogen and oxygen atoms in total. The van der Waals surface area contributed by atoms with E-state index >= 15 is 0 Å². The lowest BCUT2D eigenvalue weighted by Crippen LogP contribution is -2.58. The van der Waals surface area contributed by atoms with E-state index in [4.69, 9.17) is 9.72 Å². The summed E-state index contributed by atoms with van der Waals surface area (Å²) in [6.07, 6.45) is 5.90. The lowest BCUT2D eigenvalue weighted by molar-refractivity contribution is 0.0187. The van der Waals surface area contributed by atoms with Gasteiger partial charge in [-0.1, -0.05) is 30.7 Å². The van der Waals surface area contributed by atoms with Crippen molar-refractivity contribution in [3.05, 3.63) is 77.2 Å². The predicted molar refractivity (Wildman–Crippen MR) is 174 cm³/mol. The second kappa shape index (κ2) is 13.3. The molecule has 3 saturated heterocycles. The number of hydrogen-bond acceptors (Lipinski definition) is 8. The van der Waals surface area contributed by atoms with E-state index in [1.54, 1.807) is 34.8 Å². The lowest BCUT2D eigenvalue weighted by Gasteiger charge is -2.51. The first-order valence-corrected chi connectivity index (χ1v) is 17.6. The van der Waals surface area contributed by atoms with Gasteiger partial charge in [0.15, 0.2) is 0 Å². The van der Waals surface area contributed by atoms with E-state index in [0.717, 1.165) is 88.1 Å². The molecule has 45 heavy (non-hydrogen) atoms. The van der Waals surface area contributed by atoms with Crippen LogP contribution < -0.4 is 9.64 Å². The van der Waals surface area contributed by atoms with Crippen molar-refractivity contribution in [1.29, 1.82) is 0 Å². The number of sulfonamides is 1. The van der Waals surface area contributed by atoms with Crippen LogP contribution in [0.2, 0.25) is 0 Å². The SMILES string of the molecule is Cc1cccc(S(=O)(=O)N2CCCCC2COc2ccnc(N3CCC(c4cccc(F)c4)(N4CCN(C)CC4)CC3)n2)c1C. The molecule has 1 aromatic heterocycles. The summed E-state index contributed by atoms with van der Waals surface area (Å²) in [5.74, 6) is 0.841. The van der Waals surface area contributed by atoms with E-state index in [1.165, 1.54) is 6.07 Å². The molecular weight excluding hydrogens is 591 g/mol. The Balaban J connectivity index is 1.15. The van der Waals surface area contributed by atoms with Crippen LogP contribution >= 0.6 is 0 Å². The summed E-state index contributed by atoms with van der Waals surface area (Å²) in [5, 5.41) is 0. The summed E-state index contributed by atoms with van der Waals surface area (Å²) in [6.45, 7) is 9.87. The number of anilines is 1. The molecule has 4 heterocycles. The topological polar surface area (TPSA) is 82.1 Å². The van der Waals surface area contributed by atoms with E-state index in [9.17, 15) is 12.8 Å². The molecule has 3 aliphatic heterocycles. The molecule has 0 spiro atoms. The molecule has 0 amide bonds. The highest BCUT2D eigenvalue weighted by Crippen LogP contribution is 2.40. The quantitative estimate of drug-likeness (QED) is 0.355. The van der Waals surface area contributed by atoms with Gasteiger partial charge in [-0.05, 0) is 81.5 Å². The van der Waals surface area contributed by atoms with Gasteiger partial charge in [0.05, 0.1) is 10.9 Å². The number of piperazine rings is 1. The molecule has 0 saturated carbocycles. The Bertz CT molecular complexity index is 1590. The monoisotopic (exact) mass is 636 g/mol. The first-order chi connectivity index (χ1) is 21.7. The summed E-state index contributed by atoms with van der Waals surface area (Å²) in [7, 11) is -1.51. The molecule has 11 heteroatoms. The van der Waals surface area contributed by atoms with Crippen LogP contribution in [0, 0.1) is 19.7 Å². The van der Waals surface area contributed by atoms with E-state index in [2.05, 4.69) is 32.8 Å². The zero-order chi connectivity index (χ0) is 31.6. The zero-order valence-electron chi connectivity index (χ0n) is 26.7. The molecule has 2 aromatic carbocycles. The summed E-state index contributed by atoms with van der Waals surface area (Å²) >= 11 is 0. The van der Waals surface area contributed by atoms with E-state index in [0.29, 0.717) is 23.3 Å². The molecule has 0 N–H and O–H groups in total. The number of aryl methyl sites for hydroxylation is 1. The standard InChI is InChI=1S/C34H45FN6O3S/c1-26-8-6-12-31(27(26)2)45(42,43)41-17-5-4-11-30(41)25-44-32-13-16-36-33(37-32)39-18-14-34(15-19-39,28-9-7-10-29(35)24-28)40-22-20-38(3)21-23-40/h6-10,12-13,16,24,30H,4-5,11,14-15,17-23,25H2,1-3H3. The van der Waals surface area contributed by atoms with Crippen LogP contribution in [0.25, 0.3) is 0 Å². The van der Waals surface area contributed by atoms with Crippen LogP contribution in [-0.2, 0) is 15.6 Å². The summed E-state index contributed by atoms with van der Waals surface area (Å²) in [5.41, 5.74) is 2.56. The Kier molecular flexibility index (Phi) is 9.42. The van der Waals surface area contributed by atoms with Gasteiger partial charge in [0, 0.05) is 63.6 Å².